The van der Waals surface area contributed by atoms with Crippen molar-refractivity contribution in [3.05, 3.63) is 26.7 Å². The molecule has 0 aliphatic carbocycles. The first-order valence-corrected chi connectivity index (χ1v) is 7.91. The first-order valence-electron chi connectivity index (χ1n) is 5.14. The molecule has 1 aliphatic heterocycles. The molecule has 0 bridgehead atoms. The van der Waals surface area contributed by atoms with E-state index in [1.807, 2.05) is 11.8 Å². The van der Waals surface area contributed by atoms with Gasteiger partial charge in [0.15, 0.2) is 5.82 Å². The summed E-state index contributed by atoms with van der Waals surface area (Å²) in [4.78, 5) is 11.3. The Labute approximate surface area is 116 Å². The first-order chi connectivity index (χ1) is 8.15. The molecule has 3 nitrogen and oxygen atoms in total. The molecule has 0 amide bonds. The van der Waals surface area contributed by atoms with Crippen LogP contribution in [0.15, 0.2) is 10.5 Å². The van der Waals surface area contributed by atoms with Gasteiger partial charge < -0.3 is 5.73 Å². The van der Waals surface area contributed by atoms with E-state index < -0.39 is 0 Å². The van der Waals surface area contributed by atoms with Crippen LogP contribution in [0.1, 0.15) is 16.1 Å². The number of aromatic nitrogens is 2. The van der Waals surface area contributed by atoms with Gasteiger partial charge in [-0.05, 0) is 28.9 Å². The van der Waals surface area contributed by atoms with Crippen LogP contribution in [-0.2, 0) is 11.5 Å². The molecular weight excluding hydrogens is 318 g/mol. The molecule has 0 saturated carbocycles. The van der Waals surface area contributed by atoms with Gasteiger partial charge in [0, 0.05) is 26.4 Å². The van der Waals surface area contributed by atoms with Gasteiger partial charge in [0.1, 0.15) is 5.82 Å². The van der Waals surface area contributed by atoms with E-state index in [1.54, 1.807) is 11.3 Å². The van der Waals surface area contributed by atoms with E-state index >= 15 is 0 Å². The third-order valence-corrected chi connectivity index (χ3v) is 5.79. The Bertz CT molecular complexity index is 575. The fraction of sp³-hybridized carbons (Fsp3) is 0.273. The van der Waals surface area contributed by atoms with Crippen LogP contribution >= 0.6 is 39.0 Å². The van der Waals surface area contributed by atoms with E-state index in [2.05, 4.69) is 38.9 Å². The summed E-state index contributed by atoms with van der Waals surface area (Å²) >= 11 is 7.04. The minimum absolute atomic E-state index is 0.636. The molecule has 0 radical (unpaired) electrons. The SMILES string of the molecule is Cc1sc(-c2nc(N)c3c(n2)CSC3)cc1Br. The highest BCUT2D eigenvalue weighted by atomic mass is 79.9. The molecule has 0 aromatic carbocycles. The lowest BCUT2D eigenvalue weighted by Crippen LogP contribution is -2.02. The number of nitrogen functional groups attached to an aromatic ring is 1. The Kier molecular flexibility index (Phi) is 2.88. The zero-order valence-corrected chi connectivity index (χ0v) is 12.4. The summed E-state index contributed by atoms with van der Waals surface area (Å²) in [7, 11) is 0. The average Bonchev–Trinajstić information content (AvgIpc) is 2.87. The Morgan fingerprint density at radius 3 is 2.88 bits per heavy atom. The standard InChI is InChI=1S/C11H10BrN3S2/c1-5-7(12)2-9(17-5)11-14-8-4-16-3-6(8)10(13)15-11/h2H,3-4H2,1H3,(H2,13,14,15). The lowest BCUT2D eigenvalue weighted by molar-refractivity contribution is 1.09. The molecule has 0 saturated heterocycles. The van der Waals surface area contributed by atoms with Crippen molar-refractivity contribution in [3.63, 3.8) is 0 Å². The summed E-state index contributed by atoms with van der Waals surface area (Å²) in [6, 6.07) is 2.06. The molecule has 3 heterocycles. The van der Waals surface area contributed by atoms with Crippen molar-refractivity contribution in [2.75, 3.05) is 5.73 Å². The van der Waals surface area contributed by atoms with Crippen molar-refractivity contribution in [3.8, 4) is 10.7 Å². The molecule has 0 unspecified atom stereocenters. The van der Waals surface area contributed by atoms with E-state index in [-0.39, 0.29) is 0 Å². The zero-order chi connectivity index (χ0) is 12.0. The predicted octanol–water partition coefficient (Wildman–Crippen LogP) is 3.61. The second-order valence-corrected chi connectivity index (χ2v) is 6.96. The smallest absolute Gasteiger partial charge is 0.171 e. The number of nitrogens with zero attached hydrogens (tertiary/aromatic N) is 2. The number of nitrogens with two attached hydrogens (primary N) is 1. The first kappa shape index (κ1) is 11.5. The third-order valence-electron chi connectivity index (χ3n) is 2.69. The van der Waals surface area contributed by atoms with Crippen LogP contribution in [0, 0.1) is 6.92 Å². The molecular formula is C11H10BrN3S2. The Balaban J connectivity index is 2.13. The number of hydrogen-bond donors (Lipinski definition) is 1. The van der Waals surface area contributed by atoms with Crippen LogP contribution in [0.2, 0.25) is 0 Å². The van der Waals surface area contributed by atoms with Crippen molar-refractivity contribution in [2.24, 2.45) is 0 Å². The van der Waals surface area contributed by atoms with Crippen LogP contribution in [0.25, 0.3) is 10.7 Å². The minimum Gasteiger partial charge on any atom is -0.383 e. The summed E-state index contributed by atoms with van der Waals surface area (Å²) in [6.45, 7) is 2.07. The molecule has 1 aliphatic rings. The minimum atomic E-state index is 0.636. The second-order valence-electron chi connectivity index (χ2n) is 3.87. The normalized spacial score (nSPS) is 14.0. The molecule has 0 fully saturated rings. The molecule has 2 N–H and O–H groups in total. The van der Waals surface area contributed by atoms with Crippen LogP contribution in [0.4, 0.5) is 5.82 Å². The van der Waals surface area contributed by atoms with Gasteiger partial charge in [0.2, 0.25) is 0 Å². The quantitative estimate of drug-likeness (QED) is 0.869. The van der Waals surface area contributed by atoms with Gasteiger partial charge in [-0.3, -0.25) is 0 Å². The highest BCUT2D eigenvalue weighted by Gasteiger charge is 2.19. The van der Waals surface area contributed by atoms with Crippen molar-refractivity contribution in [2.45, 2.75) is 18.4 Å². The summed E-state index contributed by atoms with van der Waals surface area (Å²) in [6.07, 6.45) is 0. The van der Waals surface area contributed by atoms with Crippen molar-refractivity contribution in [1.82, 2.24) is 9.97 Å². The van der Waals surface area contributed by atoms with E-state index in [0.29, 0.717) is 5.82 Å². The number of rotatable bonds is 1. The highest BCUT2D eigenvalue weighted by Crippen LogP contribution is 2.36. The summed E-state index contributed by atoms with van der Waals surface area (Å²) in [5, 5.41) is 0. The molecule has 6 heteroatoms. The van der Waals surface area contributed by atoms with Gasteiger partial charge in [-0.15, -0.1) is 11.3 Å². The maximum Gasteiger partial charge on any atom is 0.171 e. The number of halogens is 1. The Morgan fingerprint density at radius 2 is 2.18 bits per heavy atom. The monoisotopic (exact) mass is 327 g/mol. The summed E-state index contributed by atoms with van der Waals surface area (Å²) in [5.74, 6) is 3.27. The van der Waals surface area contributed by atoms with Crippen LogP contribution in [0.5, 0.6) is 0 Å². The number of fused-ring (bicyclic) bond motifs is 1. The van der Waals surface area contributed by atoms with Gasteiger partial charge in [0.05, 0.1) is 10.6 Å². The maximum atomic E-state index is 5.98. The second kappa shape index (κ2) is 4.26. The number of thioether (sulfide) groups is 1. The Hall–Kier alpha value is -0.590. The zero-order valence-electron chi connectivity index (χ0n) is 9.16. The van der Waals surface area contributed by atoms with Gasteiger partial charge in [0.25, 0.3) is 0 Å². The molecule has 17 heavy (non-hydrogen) atoms. The average molecular weight is 328 g/mol. The molecule has 88 valence electrons. The lowest BCUT2D eigenvalue weighted by atomic mass is 10.2. The van der Waals surface area contributed by atoms with Gasteiger partial charge in [-0.2, -0.15) is 11.8 Å². The van der Waals surface area contributed by atoms with Crippen LogP contribution < -0.4 is 5.73 Å². The topological polar surface area (TPSA) is 51.8 Å². The van der Waals surface area contributed by atoms with Gasteiger partial charge >= 0.3 is 0 Å². The molecule has 2 aromatic rings. The van der Waals surface area contributed by atoms with Crippen molar-refractivity contribution >= 4 is 44.8 Å². The van der Waals surface area contributed by atoms with Crippen molar-refractivity contribution < 1.29 is 0 Å². The third kappa shape index (κ3) is 1.98. The molecule has 0 spiro atoms. The summed E-state index contributed by atoms with van der Waals surface area (Å²) in [5.41, 5.74) is 8.20. The highest BCUT2D eigenvalue weighted by molar-refractivity contribution is 9.10. The van der Waals surface area contributed by atoms with E-state index in [0.717, 1.165) is 37.9 Å². The number of thiophene rings is 1. The lowest BCUT2D eigenvalue weighted by Gasteiger charge is -2.04. The summed E-state index contributed by atoms with van der Waals surface area (Å²) < 4.78 is 1.11. The predicted molar refractivity (Wildman–Crippen MR) is 77.2 cm³/mol. The van der Waals surface area contributed by atoms with E-state index in [9.17, 15) is 0 Å². The number of hydrogen-bond acceptors (Lipinski definition) is 5. The maximum absolute atomic E-state index is 5.98. The molecule has 2 aromatic heterocycles. The van der Waals surface area contributed by atoms with E-state index in [1.165, 1.54) is 4.88 Å². The fourth-order valence-electron chi connectivity index (χ4n) is 1.76. The van der Waals surface area contributed by atoms with Crippen LogP contribution in [-0.4, -0.2) is 9.97 Å². The molecule has 0 atom stereocenters. The largest absolute Gasteiger partial charge is 0.383 e. The van der Waals surface area contributed by atoms with Gasteiger partial charge in [-0.1, -0.05) is 0 Å². The fourth-order valence-corrected chi connectivity index (χ4v) is 4.28. The van der Waals surface area contributed by atoms with Crippen molar-refractivity contribution in [1.29, 1.82) is 0 Å². The van der Waals surface area contributed by atoms with E-state index in [4.69, 9.17) is 5.73 Å². The molecule has 3 rings (SSSR count). The van der Waals surface area contributed by atoms with Gasteiger partial charge in [-0.25, -0.2) is 9.97 Å². The number of aryl methyl sites for hydroxylation is 1. The van der Waals surface area contributed by atoms with Crippen LogP contribution in [0.3, 0.4) is 0 Å². The Morgan fingerprint density at radius 1 is 1.35 bits per heavy atom. The number of anilines is 1.